The van der Waals surface area contributed by atoms with Crippen molar-refractivity contribution in [2.45, 2.75) is 12.7 Å². The van der Waals surface area contributed by atoms with Gasteiger partial charge in [-0.25, -0.2) is 0 Å². The van der Waals surface area contributed by atoms with Gasteiger partial charge in [0.25, 0.3) is 0 Å². The summed E-state index contributed by atoms with van der Waals surface area (Å²) in [4.78, 5) is 4.25. The zero-order valence-electron chi connectivity index (χ0n) is 11.3. The minimum atomic E-state index is 0.102. The molecule has 1 aromatic rings. The van der Waals surface area contributed by atoms with Crippen LogP contribution in [0.1, 0.15) is 5.69 Å². The summed E-state index contributed by atoms with van der Waals surface area (Å²) in [5.41, 5.74) is 0.727. The van der Waals surface area contributed by atoms with Crippen LogP contribution in [0.25, 0.3) is 0 Å². The lowest BCUT2D eigenvalue weighted by Crippen LogP contribution is -2.40. The SMILES string of the molecule is COc1ccnc(COCC2CNCCO2)c1OC. The molecular weight excluding hydrogens is 248 g/mol. The molecule has 1 N–H and O–H groups in total. The predicted molar refractivity (Wildman–Crippen MR) is 69.6 cm³/mol. The van der Waals surface area contributed by atoms with Gasteiger partial charge in [0.2, 0.25) is 0 Å². The molecule has 0 aliphatic carbocycles. The molecule has 0 radical (unpaired) electrons. The van der Waals surface area contributed by atoms with E-state index in [4.69, 9.17) is 18.9 Å². The molecule has 106 valence electrons. The molecule has 1 aliphatic rings. The second-order valence-electron chi connectivity index (χ2n) is 4.21. The van der Waals surface area contributed by atoms with E-state index in [0.29, 0.717) is 24.7 Å². The van der Waals surface area contributed by atoms with E-state index in [1.165, 1.54) is 0 Å². The number of aromatic nitrogens is 1. The molecule has 0 spiro atoms. The van der Waals surface area contributed by atoms with E-state index in [1.54, 1.807) is 26.5 Å². The third-order valence-electron chi connectivity index (χ3n) is 2.91. The summed E-state index contributed by atoms with van der Waals surface area (Å²) in [7, 11) is 3.20. The highest BCUT2D eigenvalue weighted by Gasteiger charge is 2.15. The highest BCUT2D eigenvalue weighted by Crippen LogP contribution is 2.29. The second kappa shape index (κ2) is 7.28. The van der Waals surface area contributed by atoms with Crippen LogP contribution in [0, 0.1) is 0 Å². The molecule has 1 aliphatic heterocycles. The van der Waals surface area contributed by atoms with Crippen molar-refractivity contribution in [1.82, 2.24) is 10.3 Å². The van der Waals surface area contributed by atoms with E-state index < -0.39 is 0 Å². The average Bonchev–Trinajstić information content (AvgIpc) is 2.48. The van der Waals surface area contributed by atoms with Crippen molar-refractivity contribution >= 4 is 0 Å². The van der Waals surface area contributed by atoms with Gasteiger partial charge in [-0.1, -0.05) is 0 Å². The molecule has 6 nitrogen and oxygen atoms in total. The highest BCUT2D eigenvalue weighted by atomic mass is 16.5. The zero-order valence-corrected chi connectivity index (χ0v) is 11.3. The highest BCUT2D eigenvalue weighted by molar-refractivity contribution is 5.42. The van der Waals surface area contributed by atoms with Crippen LogP contribution in [-0.4, -0.2) is 51.6 Å². The van der Waals surface area contributed by atoms with E-state index in [9.17, 15) is 0 Å². The van der Waals surface area contributed by atoms with Crippen LogP contribution in [0.15, 0.2) is 12.3 Å². The van der Waals surface area contributed by atoms with Crippen LogP contribution in [0.4, 0.5) is 0 Å². The molecule has 1 fully saturated rings. The summed E-state index contributed by atoms with van der Waals surface area (Å²) in [6.07, 6.45) is 1.78. The second-order valence-corrected chi connectivity index (χ2v) is 4.21. The number of nitrogens with one attached hydrogen (secondary N) is 1. The van der Waals surface area contributed by atoms with E-state index in [-0.39, 0.29) is 6.10 Å². The van der Waals surface area contributed by atoms with Gasteiger partial charge in [0.15, 0.2) is 11.5 Å². The molecule has 2 rings (SSSR count). The van der Waals surface area contributed by atoms with Crippen molar-refractivity contribution in [3.8, 4) is 11.5 Å². The Morgan fingerprint density at radius 2 is 2.32 bits per heavy atom. The summed E-state index contributed by atoms with van der Waals surface area (Å²) < 4.78 is 21.7. The van der Waals surface area contributed by atoms with Gasteiger partial charge in [0.05, 0.1) is 40.1 Å². The Kier molecular flexibility index (Phi) is 5.38. The van der Waals surface area contributed by atoms with Crippen LogP contribution in [0.2, 0.25) is 0 Å². The third-order valence-corrected chi connectivity index (χ3v) is 2.91. The first-order chi connectivity index (χ1) is 9.35. The Morgan fingerprint density at radius 1 is 1.42 bits per heavy atom. The van der Waals surface area contributed by atoms with Gasteiger partial charge in [0, 0.05) is 25.4 Å². The first-order valence-corrected chi connectivity index (χ1v) is 6.31. The molecule has 1 saturated heterocycles. The summed E-state index contributed by atoms with van der Waals surface area (Å²) in [6, 6.07) is 1.76. The summed E-state index contributed by atoms with van der Waals surface area (Å²) in [5, 5.41) is 3.26. The fourth-order valence-electron chi connectivity index (χ4n) is 1.97. The Hall–Kier alpha value is -1.37. The number of rotatable bonds is 6. The van der Waals surface area contributed by atoms with Gasteiger partial charge in [-0.3, -0.25) is 4.98 Å². The zero-order chi connectivity index (χ0) is 13.5. The van der Waals surface area contributed by atoms with Gasteiger partial charge in [-0.2, -0.15) is 0 Å². The van der Waals surface area contributed by atoms with Crippen LogP contribution < -0.4 is 14.8 Å². The van der Waals surface area contributed by atoms with E-state index in [1.807, 2.05) is 0 Å². The average molecular weight is 268 g/mol. The summed E-state index contributed by atoms with van der Waals surface area (Å²) in [5.74, 6) is 1.28. The normalized spacial score (nSPS) is 19.2. The maximum absolute atomic E-state index is 5.64. The standard InChI is InChI=1S/C13H20N2O4/c1-16-12-3-4-15-11(13(12)17-2)9-18-8-10-7-14-5-6-19-10/h3-4,10,14H,5-9H2,1-2H3. The molecule has 1 atom stereocenters. The first kappa shape index (κ1) is 14.0. The Morgan fingerprint density at radius 3 is 3.00 bits per heavy atom. The maximum atomic E-state index is 5.64. The number of hydrogen-bond donors (Lipinski definition) is 1. The summed E-state index contributed by atoms with van der Waals surface area (Å²) >= 11 is 0. The lowest BCUT2D eigenvalue weighted by atomic mass is 10.3. The van der Waals surface area contributed by atoms with Gasteiger partial charge in [-0.05, 0) is 0 Å². The number of morpholine rings is 1. The van der Waals surface area contributed by atoms with Crippen LogP contribution in [0.5, 0.6) is 11.5 Å². The predicted octanol–water partition coefficient (Wildman–Crippen LogP) is 0.604. The van der Waals surface area contributed by atoms with Crippen LogP contribution in [0.3, 0.4) is 0 Å². The molecule has 0 aromatic carbocycles. The van der Waals surface area contributed by atoms with E-state index in [0.717, 1.165) is 25.4 Å². The molecule has 0 bridgehead atoms. The lowest BCUT2D eigenvalue weighted by molar-refractivity contribution is -0.0366. The largest absolute Gasteiger partial charge is 0.493 e. The topological polar surface area (TPSA) is 61.8 Å². The fraction of sp³-hybridized carbons (Fsp3) is 0.615. The number of ether oxygens (including phenoxy) is 4. The van der Waals surface area contributed by atoms with Crippen molar-refractivity contribution in [3.05, 3.63) is 18.0 Å². The number of methoxy groups -OCH3 is 2. The van der Waals surface area contributed by atoms with E-state index in [2.05, 4.69) is 10.3 Å². The van der Waals surface area contributed by atoms with Crippen molar-refractivity contribution in [2.75, 3.05) is 40.5 Å². The Balaban J connectivity index is 1.88. The number of nitrogens with zero attached hydrogens (tertiary/aromatic N) is 1. The summed E-state index contributed by atoms with van der Waals surface area (Å²) in [6.45, 7) is 3.37. The molecule has 2 heterocycles. The third kappa shape index (κ3) is 3.79. The van der Waals surface area contributed by atoms with E-state index >= 15 is 0 Å². The van der Waals surface area contributed by atoms with Crippen molar-refractivity contribution in [3.63, 3.8) is 0 Å². The first-order valence-electron chi connectivity index (χ1n) is 6.31. The smallest absolute Gasteiger partial charge is 0.184 e. The van der Waals surface area contributed by atoms with Gasteiger partial charge >= 0.3 is 0 Å². The minimum absolute atomic E-state index is 0.102. The minimum Gasteiger partial charge on any atom is -0.493 e. The molecular formula is C13H20N2O4. The van der Waals surface area contributed by atoms with Gasteiger partial charge in [0.1, 0.15) is 5.69 Å². The molecule has 6 heteroatoms. The molecule has 1 aromatic heterocycles. The Labute approximate surface area is 113 Å². The molecule has 0 saturated carbocycles. The van der Waals surface area contributed by atoms with Gasteiger partial charge < -0.3 is 24.3 Å². The van der Waals surface area contributed by atoms with Crippen molar-refractivity contribution in [2.24, 2.45) is 0 Å². The maximum Gasteiger partial charge on any atom is 0.184 e. The molecule has 19 heavy (non-hydrogen) atoms. The monoisotopic (exact) mass is 268 g/mol. The quantitative estimate of drug-likeness (QED) is 0.815. The fourth-order valence-corrected chi connectivity index (χ4v) is 1.97. The number of hydrogen-bond acceptors (Lipinski definition) is 6. The number of pyridine rings is 1. The lowest BCUT2D eigenvalue weighted by Gasteiger charge is -2.23. The van der Waals surface area contributed by atoms with Crippen LogP contribution >= 0.6 is 0 Å². The van der Waals surface area contributed by atoms with Crippen LogP contribution in [-0.2, 0) is 16.1 Å². The molecule has 1 unspecified atom stereocenters. The molecule has 0 amide bonds. The Bertz CT molecular complexity index is 394. The van der Waals surface area contributed by atoms with Crippen molar-refractivity contribution < 1.29 is 18.9 Å². The van der Waals surface area contributed by atoms with Crippen molar-refractivity contribution in [1.29, 1.82) is 0 Å². The van der Waals surface area contributed by atoms with Gasteiger partial charge in [-0.15, -0.1) is 0 Å².